The highest BCUT2D eigenvalue weighted by atomic mass is 16.5. The SMILES string of the molecule is CCn1ncc2nc(-c3ccc(OC(C)C)c(CO)c3)cc(C)c21. The van der Waals surface area contributed by atoms with Crippen molar-refractivity contribution < 1.29 is 9.84 Å². The summed E-state index contributed by atoms with van der Waals surface area (Å²) in [7, 11) is 0. The van der Waals surface area contributed by atoms with Gasteiger partial charge < -0.3 is 9.84 Å². The summed E-state index contributed by atoms with van der Waals surface area (Å²) in [5, 5.41) is 14.0. The molecular weight excluding hydrogens is 302 g/mol. The maximum Gasteiger partial charge on any atom is 0.125 e. The molecule has 126 valence electrons. The fraction of sp³-hybridized carbons (Fsp3) is 0.368. The van der Waals surface area contributed by atoms with E-state index in [4.69, 9.17) is 9.72 Å². The van der Waals surface area contributed by atoms with Crippen LogP contribution in [0.2, 0.25) is 0 Å². The van der Waals surface area contributed by atoms with Crippen molar-refractivity contribution in [3.8, 4) is 17.0 Å². The van der Waals surface area contributed by atoms with E-state index < -0.39 is 0 Å². The third kappa shape index (κ3) is 2.99. The van der Waals surface area contributed by atoms with Gasteiger partial charge in [-0.3, -0.25) is 4.68 Å². The predicted octanol–water partition coefficient (Wildman–Crippen LogP) is 3.71. The van der Waals surface area contributed by atoms with Crippen LogP contribution in [0.1, 0.15) is 31.9 Å². The van der Waals surface area contributed by atoms with Crippen LogP contribution >= 0.6 is 0 Å². The van der Waals surface area contributed by atoms with Gasteiger partial charge in [0.1, 0.15) is 11.3 Å². The first-order valence-corrected chi connectivity index (χ1v) is 8.27. The molecule has 0 saturated carbocycles. The Balaban J connectivity index is 2.07. The van der Waals surface area contributed by atoms with Crippen LogP contribution in [0.5, 0.6) is 5.75 Å². The van der Waals surface area contributed by atoms with Crippen molar-refractivity contribution in [2.24, 2.45) is 0 Å². The van der Waals surface area contributed by atoms with Gasteiger partial charge in [-0.15, -0.1) is 0 Å². The number of fused-ring (bicyclic) bond motifs is 1. The van der Waals surface area contributed by atoms with Gasteiger partial charge in [-0.1, -0.05) is 0 Å². The Morgan fingerprint density at radius 2 is 2.04 bits per heavy atom. The summed E-state index contributed by atoms with van der Waals surface area (Å²) in [6.45, 7) is 8.84. The van der Waals surface area contributed by atoms with E-state index in [0.717, 1.165) is 40.0 Å². The van der Waals surface area contributed by atoms with Gasteiger partial charge in [0.05, 0.1) is 30.1 Å². The molecule has 5 nitrogen and oxygen atoms in total. The molecule has 24 heavy (non-hydrogen) atoms. The third-order valence-electron chi connectivity index (χ3n) is 3.98. The zero-order valence-corrected chi connectivity index (χ0v) is 14.6. The van der Waals surface area contributed by atoms with Crippen molar-refractivity contribution in [3.05, 3.63) is 41.6 Å². The van der Waals surface area contributed by atoms with Crippen LogP contribution in [0.15, 0.2) is 30.5 Å². The summed E-state index contributed by atoms with van der Waals surface area (Å²) < 4.78 is 7.70. The predicted molar refractivity (Wildman–Crippen MR) is 95.1 cm³/mol. The molecule has 0 radical (unpaired) electrons. The van der Waals surface area contributed by atoms with Gasteiger partial charge in [-0.05, 0) is 57.5 Å². The fourth-order valence-corrected chi connectivity index (χ4v) is 2.92. The van der Waals surface area contributed by atoms with Crippen molar-refractivity contribution in [1.29, 1.82) is 0 Å². The lowest BCUT2D eigenvalue weighted by molar-refractivity contribution is 0.225. The summed E-state index contributed by atoms with van der Waals surface area (Å²) in [6, 6.07) is 7.89. The largest absolute Gasteiger partial charge is 0.491 e. The van der Waals surface area contributed by atoms with E-state index >= 15 is 0 Å². The van der Waals surface area contributed by atoms with E-state index in [9.17, 15) is 5.11 Å². The molecule has 0 aliphatic rings. The van der Waals surface area contributed by atoms with E-state index in [1.807, 2.05) is 36.7 Å². The second kappa shape index (κ2) is 6.61. The van der Waals surface area contributed by atoms with Crippen LogP contribution in [-0.2, 0) is 13.2 Å². The molecular formula is C19H23N3O2. The molecule has 2 aromatic heterocycles. The first-order chi connectivity index (χ1) is 11.5. The number of hydrogen-bond donors (Lipinski definition) is 1. The zero-order chi connectivity index (χ0) is 17.3. The van der Waals surface area contributed by atoms with Crippen molar-refractivity contribution >= 4 is 11.0 Å². The summed E-state index contributed by atoms with van der Waals surface area (Å²) >= 11 is 0. The number of rotatable bonds is 5. The van der Waals surface area contributed by atoms with Crippen molar-refractivity contribution in [2.75, 3.05) is 0 Å². The maximum absolute atomic E-state index is 9.65. The molecule has 0 bridgehead atoms. The van der Waals surface area contributed by atoms with E-state index in [2.05, 4.69) is 25.0 Å². The molecule has 5 heteroatoms. The quantitative estimate of drug-likeness (QED) is 0.777. The normalized spacial score (nSPS) is 11.4. The Kier molecular flexibility index (Phi) is 4.53. The Hall–Kier alpha value is -2.40. The molecule has 0 saturated heterocycles. The Morgan fingerprint density at radius 3 is 2.71 bits per heavy atom. The number of benzene rings is 1. The van der Waals surface area contributed by atoms with E-state index in [1.54, 1.807) is 6.20 Å². The molecule has 1 aromatic carbocycles. The van der Waals surface area contributed by atoms with E-state index in [1.165, 1.54) is 0 Å². The van der Waals surface area contributed by atoms with Crippen molar-refractivity contribution in [2.45, 2.75) is 47.0 Å². The first-order valence-electron chi connectivity index (χ1n) is 8.27. The van der Waals surface area contributed by atoms with Gasteiger partial charge in [0.15, 0.2) is 0 Å². The Morgan fingerprint density at radius 1 is 1.25 bits per heavy atom. The number of hydrogen-bond acceptors (Lipinski definition) is 4. The lowest BCUT2D eigenvalue weighted by Gasteiger charge is -2.14. The zero-order valence-electron chi connectivity index (χ0n) is 14.6. The number of aryl methyl sites for hydroxylation is 2. The first kappa shape index (κ1) is 16.5. The standard InChI is InChI=1S/C19H23N3O2/c1-5-22-19-13(4)8-16(21-17(19)10-20-22)14-6-7-18(24-12(2)3)15(9-14)11-23/h6-10,12,23H,5,11H2,1-4H3. The van der Waals surface area contributed by atoms with Gasteiger partial charge >= 0.3 is 0 Å². The van der Waals surface area contributed by atoms with Crippen LogP contribution in [-0.4, -0.2) is 26.0 Å². The van der Waals surface area contributed by atoms with Gasteiger partial charge in [0.25, 0.3) is 0 Å². The number of pyridine rings is 1. The van der Waals surface area contributed by atoms with Crippen molar-refractivity contribution in [1.82, 2.24) is 14.8 Å². The average Bonchev–Trinajstić information content (AvgIpc) is 2.98. The van der Waals surface area contributed by atoms with Crippen LogP contribution in [0.25, 0.3) is 22.3 Å². The topological polar surface area (TPSA) is 60.2 Å². The minimum atomic E-state index is -0.0646. The number of ether oxygens (including phenoxy) is 1. The monoisotopic (exact) mass is 325 g/mol. The molecule has 3 rings (SSSR count). The molecule has 1 N–H and O–H groups in total. The summed E-state index contributed by atoms with van der Waals surface area (Å²) in [5.74, 6) is 0.716. The second-order valence-electron chi connectivity index (χ2n) is 6.17. The highest BCUT2D eigenvalue weighted by Crippen LogP contribution is 2.29. The summed E-state index contributed by atoms with van der Waals surface area (Å²) in [4.78, 5) is 4.74. The Labute approximate surface area is 141 Å². The minimum absolute atomic E-state index is 0.0646. The van der Waals surface area contributed by atoms with E-state index in [-0.39, 0.29) is 12.7 Å². The highest BCUT2D eigenvalue weighted by molar-refractivity contribution is 5.81. The molecule has 2 heterocycles. The van der Waals surface area contributed by atoms with Gasteiger partial charge in [-0.2, -0.15) is 5.10 Å². The molecule has 0 aliphatic carbocycles. The molecule has 0 unspecified atom stereocenters. The van der Waals surface area contributed by atoms with Crippen molar-refractivity contribution in [3.63, 3.8) is 0 Å². The average molecular weight is 325 g/mol. The van der Waals surface area contributed by atoms with Crippen LogP contribution in [0, 0.1) is 6.92 Å². The number of nitrogens with zero attached hydrogens (tertiary/aromatic N) is 3. The molecule has 0 aliphatic heterocycles. The number of aliphatic hydroxyl groups is 1. The third-order valence-corrected chi connectivity index (χ3v) is 3.98. The molecule has 3 aromatic rings. The fourth-order valence-electron chi connectivity index (χ4n) is 2.92. The Bertz CT molecular complexity index is 868. The second-order valence-corrected chi connectivity index (χ2v) is 6.17. The molecule has 0 fully saturated rings. The van der Waals surface area contributed by atoms with Gasteiger partial charge in [-0.25, -0.2) is 4.98 Å². The van der Waals surface area contributed by atoms with Crippen LogP contribution in [0.4, 0.5) is 0 Å². The van der Waals surface area contributed by atoms with Crippen LogP contribution in [0.3, 0.4) is 0 Å². The van der Waals surface area contributed by atoms with E-state index in [0.29, 0.717) is 5.75 Å². The molecule has 0 amide bonds. The van der Waals surface area contributed by atoms with Gasteiger partial charge in [0.2, 0.25) is 0 Å². The number of aliphatic hydroxyl groups excluding tert-OH is 1. The van der Waals surface area contributed by atoms with Gasteiger partial charge in [0, 0.05) is 17.7 Å². The molecule has 0 atom stereocenters. The maximum atomic E-state index is 9.65. The lowest BCUT2D eigenvalue weighted by Crippen LogP contribution is -2.07. The smallest absolute Gasteiger partial charge is 0.125 e. The van der Waals surface area contributed by atoms with Crippen LogP contribution < -0.4 is 4.74 Å². The summed E-state index contributed by atoms with van der Waals surface area (Å²) in [5.41, 5.74) is 5.71. The number of aromatic nitrogens is 3. The minimum Gasteiger partial charge on any atom is -0.491 e. The summed E-state index contributed by atoms with van der Waals surface area (Å²) in [6.07, 6.45) is 1.87. The molecule has 0 spiro atoms. The lowest BCUT2D eigenvalue weighted by atomic mass is 10.0. The highest BCUT2D eigenvalue weighted by Gasteiger charge is 2.12.